The summed E-state index contributed by atoms with van der Waals surface area (Å²) in [7, 11) is 8.43. The van der Waals surface area contributed by atoms with Crippen molar-refractivity contribution >= 4 is 21.6 Å². The molecule has 3 aliphatic rings. The monoisotopic (exact) mass is 1160 g/mol. The molecule has 0 aliphatic heterocycles. The van der Waals surface area contributed by atoms with E-state index in [9.17, 15) is 44.6 Å². The molecule has 4 aromatic rings. The third-order valence-electron chi connectivity index (χ3n) is 16.7. The number of aliphatic hydroxyl groups excluding tert-OH is 1. The minimum absolute atomic E-state index is 0.0121. The van der Waals surface area contributed by atoms with Gasteiger partial charge in [0.2, 0.25) is 0 Å². The second-order valence-corrected chi connectivity index (χ2v) is 25.3. The Balaban J connectivity index is 0.827. The largest absolute Gasteiger partial charge is 0.497 e. The predicted molar refractivity (Wildman–Crippen MR) is 292 cm³/mol. The normalized spacial score (nSPS) is 21.3. The zero-order valence-electron chi connectivity index (χ0n) is 45.9. The van der Waals surface area contributed by atoms with Gasteiger partial charge >= 0.3 is 24.1 Å². The van der Waals surface area contributed by atoms with Crippen molar-refractivity contribution in [3.63, 3.8) is 0 Å². The second-order valence-electron chi connectivity index (χ2n) is 22.2. The molecule has 438 valence electrons. The van der Waals surface area contributed by atoms with Gasteiger partial charge in [0.1, 0.15) is 22.8 Å². The van der Waals surface area contributed by atoms with Crippen LogP contribution in [0.2, 0.25) is 0 Å². The van der Waals surface area contributed by atoms with Crippen LogP contribution in [-0.4, -0.2) is 118 Å². The number of ether oxygens (including phenoxy) is 6. The van der Waals surface area contributed by atoms with Gasteiger partial charge in [-0.1, -0.05) is 95.6 Å². The molecular weight excluding hydrogens is 1080 g/mol. The molecule has 0 heterocycles. The van der Waals surface area contributed by atoms with Crippen LogP contribution in [0.5, 0.6) is 17.2 Å². The molecule has 4 unspecified atom stereocenters. The maximum Gasteiger partial charge on any atom is 0.435 e. The molecule has 7 rings (SSSR count). The third kappa shape index (κ3) is 14.3. The van der Waals surface area contributed by atoms with E-state index in [1.54, 1.807) is 14.2 Å². The van der Waals surface area contributed by atoms with Crippen LogP contribution in [0.15, 0.2) is 97.1 Å². The number of alkyl halides is 9. The fraction of sp³-hybridized carbons (Fsp3) is 0.600. The fourth-order valence-electron chi connectivity index (χ4n) is 12.2. The summed E-state index contributed by atoms with van der Waals surface area (Å²) in [5.41, 5.74) is -1.78. The molecular formula is C60H76F9NO7S2. The van der Waals surface area contributed by atoms with E-state index >= 15 is 0 Å². The first-order valence-electron chi connectivity index (χ1n) is 27.2. The van der Waals surface area contributed by atoms with E-state index in [1.165, 1.54) is 23.1 Å². The van der Waals surface area contributed by atoms with Gasteiger partial charge in [-0.05, 0) is 166 Å². The Labute approximate surface area is 467 Å². The van der Waals surface area contributed by atoms with E-state index in [-0.39, 0.29) is 41.9 Å². The maximum atomic E-state index is 13.3. The van der Waals surface area contributed by atoms with Crippen molar-refractivity contribution < 1.29 is 73.0 Å². The highest BCUT2D eigenvalue weighted by atomic mass is 33.1. The number of unbranched alkanes of at least 4 members (excludes halogenated alkanes) is 1. The number of methoxy groups -OCH3 is 2. The number of benzene rings is 4. The standard InChI is InChI=1S/C60H76F9NO7S2/c1-54(2,79-78-37-11-10-12-41(39-71)40-77-56(43-13-8-7-9-14-43,44-16-20-46(72-5)21-17-44)45-18-22-47(73-6)23-19-45)31-34-74-48-24-26-49-42(38-48)15-25-51-50(49)29-30-55(3)52(51)27-28-53(55)75-35-32-70(4)33-36-76-57(58(61,62)63,59(64,65)66)60(67,68)69/h7-9,13-14,16-24,26,38,41,50-53,71H,10-12,15,25,27-37,39-40H2,1-6H3/t41?,50?,51?,52?,53-,55-/m0/s1. The highest BCUT2D eigenvalue weighted by Crippen LogP contribution is 2.62. The van der Waals surface area contributed by atoms with Gasteiger partial charge in [-0.15, -0.1) is 0 Å². The van der Waals surface area contributed by atoms with Gasteiger partial charge in [0.25, 0.3) is 0 Å². The second kappa shape index (κ2) is 26.6. The summed E-state index contributed by atoms with van der Waals surface area (Å²) in [6.07, 6.45) is -11.1. The first-order chi connectivity index (χ1) is 37.4. The summed E-state index contributed by atoms with van der Waals surface area (Å²) in [5.74, 6) is 4.56. The molecule has 19 heteroatoms. The van der Waals surface area contributed by atoms with Gasteiger partial charge in [-0.25, -0.2) is 0 Å². The predicted octanol–water partition coefficient (Wildman–Crippen LogP) is 15.0. The molecule has 6 atom stereocenters. The van der Waals surface area contributed by atoms with Gasteiger partial charge in [0.05, 0.1) is 46.8 Å². The number of hydrogen-bond donors (Lipinski definition) is 1. The number of halogens is 9. The highest BCUT2D eigenvalue weighted by Gasteiger charge is 2.85. The topological polar surface area (TPSA) is 78.9 Å². The number of rotatable bonds is 28. The first-order valence-corrected chi connectivity index (χ1v) is 29.5. The molecule has 0 saturated heterocycles. The van der Waals surface area contributed by atoms with Crippen LogP contribution in [0.25, 0.3) is 0 Å². The van der Waals surface area contributed by atoms with E-state index in [1.807, 2.05) is 88.3 Å². The van der Waals surface area contributed by atoms with Crippen LogP contribution in [-0.2, 0) is 26.2 Å². The first kappa shape index (κ1) is 62.7. The number of hydrogen-bond acceptors (Lipinski definition) is 10. The molecule has 0 bridgehead atoms. The summed E-state index contributed by atoms with van der Waals surface area (Å²) >= 11 is 0. The summed E-state index contributed by atoms with van der Waals surface area (Å²) in [4.78, 5) is 1.30. The lowest BCUT2D eigenvalue weighted by atomic mass is 9.55. The van der Waals surface area contributed by atoms with Crippen LogP contribution in [0.4, 0.5) is 39.5 Å². The average Bonchev–Trinajstić information content (AvgIpc) is 3.91. The molecule has 1 N–H and O–H groups in total. The number of nitrogens with zero attached hydrogens (tertiary/aromatic N) is 1. The molecule has 4 aromatic carbocycles. The van der Waals surface area contributed by atoms with Crippen molar-refractivity contribution in [1.29, 1.82) is 0 Å². The van der Waals surface area contributed by atoms with E-state index in [4.69, 9.17) is 23.7 Å². The Morgan fingerprint density at radius 1 is 0.696 bits per heavy atom. The van der Waals surface area contributed by atoms with E-state index in [0.717, 1.165) is 104 Å². The van der Waals surface area contributed by atoms with Gasteiger partial charge in [0, 0.05) is 36.1 Å². The van der Waals surface area contributed by atoms with Crippen LogP contribution in [0.1, 0.15) is 112 Å². The molecule has 79 heavy (non-hydrogen) atoms. The van der Waals surface area contributed by atoms with Crippen molar-refractivity contribution in [2.45, 2.75) is 131 Å². The quantitative estimate of drug-likeness (QED) is 0.0257. The van der Waals surface area contributed by atoms with Crippen LogP contribution in [0, 0.1) is 23.2 Å². The molecule has 0 spiro atoms. The van der Waals surface area contributed by atoms with Gasteiger partial charge in [0.15, 0.2) is 0 Å². The third-order valence-corrected chi connectivity index (χ3v) is 20.1. The minimum atomic E-state index is -6.76. The van der Waals surface area contributed by atoms with E-state index in [2.05, 4.69) is 55.8 Å². The lowest BCUT2D eigenvalue weighted by Gasteiger charge is -2.50. The number of fused-ring (bicyclic) bond motifs is 5. The van der Waals surface area contributed by atoms with E-state index < -0.39 is 42.9 Å². The number of aliphatic hydroxyl groups is 1. The fourth-order valence-corrected chi connectivity index (χ4v) is 14.9. The molecule has 0 radical (unpaired) electrons. The number of aryl methyl sites for hydroxylation is 1. The number of likely N-dealkylation sites (N-methyl/N-ethyl adjacent to an activating group) is 1. The van der Waals surface area contributed by atoms with Crippen molar-refractivity contribution in [3.05, 3.63) is 125 Å². The van der Waals surface area contributed by atoms with Crippen molar-refractivity contribution in [2.75, 3.05) is 73.1 Å². The average molecular weight is 1160 g/mol. The molecule has 2 saturated carbocycles. The molecule has 2 fully saturated rings. The summed E-state index contributed by atoms with van der Waals surface area (Å²) in [6, 6.07) is 32.6. The van der Waals surface area contributed by atoms with Crippen LogP contribution >= 0.6 is 21.6 Å². The Morgan fingerprint density at radius 2 is 1.29 bits per heavy atom. The van der Waals surface area contributed by atoms with Crippen LogP contribution in [0.3, 0.4) is 0 Å². The molecule has 0 amide bonds. The minimum Gasteiger partial charge on any atom is -0.497 e. The smallest absolute Gasteiger partial charge is 0.435 e. The molecule has 0 aromatic heterocycles. The Kier molecular flexibility index (Phi) is 21.1. The highest BCUT2D eigenvalue weighted by molar-refractivity contribution is 8.77. The summed E-state index contributed by atoms with van der Waals surface area (Å²) < 4.78 is 154. The van der Waals surface area contributed by atoms with Crippen molar-refractivity contribution in [3.8, 4) is 17.2 Å². The zero-order valence-corrected chi connectivity index (χ0v) is 47.5. The van der Waals surface area contributed by atoms with Crippen molar-refractivity contribution in [1.82, 2.24) is 4.90 Å². The summed E-state index contributed by atoms with van der Waals surface area (Å²) in [6.45, 7) is 5.85. The zero-order chi connectivity index (χ0) is 57.3. The lowest BCUT2D eigenvalue weighted by molar-refractivity contribution is -0.457. The SMILES string of the molecule is COc1ccc(C(OCC(CO)CCCCSSC(C)(C)CCOc2ccc3c(c2)CCC2C3CC[C@@]3(C)C2CC[C@@H]3OCCN(C)CCOC(C(F)(F)F)(C(F)(F)F)C(F)(F)F)(c2ccccc2)c2ccc(OC)cc2)cc1. The Hall–Kier alpha value is -3.85. The van der Waals surface area contributed by atoms with E-state index in [0.29, 0.717) is 31.0 Å². The maximum absolute atomic E-state index is 13.3. The lowest BCUT2D eigenvalue weighted by Crippen LogP contribution is -2.68. The Bertz CT molecular complexity index is 2430. The molecule has 8 nitrogen and oxygen atoms in total. The van der Waals surface area contributed by atoms with Crippen molar-refractivity contribution in [2.24, 2.45) is 23.2 Å². The van der Waals surface area contributed by atoms with Gasteiger partial charge in [-0.3, -0.25) is 0 Å². The summed E-state index contributed by atoms with van der Waals surface area (Å²) in [5, 5.41) is 10.6. The van der Waals surface area contributed by atoms with Gasteiger partial charge < -0.3 is 38.4 Å². The molecule has 3 aliphatic carbocycles. The Morgan fingerprint density at radius 3 is 1.89 bits per heavy atom. The van der Waals surface area contributed by atoms with Gasteiger partial charge in [-0.2, -0.15) is 39.5 Å². The van der Waals surface area contributed by atoms with Crippen LogP contribution < -0.4 is 14.2 Å².